The van der Waals surface area contributed by atoms with Crippen molar-refractivity contribution >= 4 is 22.9 Å². The number of rotatable bonds is 8. The SMILES string of the molecule is CCO[C@H]1OC(C(=O)Nc2ccccc2O)=C[C@@H](c2ccsc2)[C@@H]1CCCO. The van der Waals surface area contributed by atoms with Gasteiger partial charge in [0.15, 0.2) is 5.76 Å². The number of aromatic hydroxyl groups is 1. The van der Waals surface area contributed by atoms with Gasteiger partial charge < -0.3 is 25.0 Å². The van der Waals surface area contributed by atoms with Crippen molar-refractivity contribution < 1.29 is 24.5 Å². The minimum absolute atomic E-state index is 0.0103. The second-order valence-corrected chi connectivity index (χ2v) is 7.34. The first-order valence-corrected chi connectivity index (χ1v) is 10.3. The Kier molecular flexibility index (Phi) is 7.08. The van der Waals surface area contributed by atoms with E-state index in [0.29, 0.717) is 25.1 Å². The van der Waals surface area contributed by atoms with E-state index in [1.165, 1.54) is 6.07 Å². The maximum absolute atomic E-state index is 12.8. The molecule has 1 aliphatic heterocycles. The number of carbonyl (C=O) groups is 1. The van der Waals surface area contributed by atoms with Crippen molar-refractivity contribution in [1.29, 1.82) is 0 Å². The van der Waals surface area contributed by atoms with E-state index in [4.69, 9.17) is 9.47 Å². The van der Waals surface area contributed by atoms with Gasteiger partial charge in [0.2, 0.25) is 6.29 Å². The van der Waals surface area contributed by atoms with Crippen LogP contribution in [0.3, 0.4) is 0 Å². The Balaban J connectivity index is 1.89. The molecule has 1 aromatic carbocycles. The zero-order valence-corrected chi connectivity index (χ0v) is 16.5. The van der Waals surface area contributed by atoms with Crippen LogP contribution in [-0.4, -0.2) is 35.6 Å². The molecular weight excluding hydrogens is 378 g/mol. The number of carbonyl (C=O) groups excluding carboxylic acids is 1. The summed E-state index contributed by atoms with van der Waals surface area (Å²) < 4.78 is 11.7. The molecule has 150 valence electrons. The van der Waals surface area contributed by atoms with E-state index in [2.05, 4.69) is 10.7 Å². The first-order chi connectivity index (χ1) is 13.6. The molecule has 3 atom stereocenters. The van der Waals surface area contributed by atoms with Crippen molar-refractivity contribution in [3.63, 3.8) is 0 Å². The van der Waals surface area contributed by atoms with Gasteiger partial charge in [-0.3, -0.25) is 4.79 Å². The number of amides is 1. The fraction of sp³-hybridized carbons (Fsp3) is 0.381. The number of ether oxygens (including phenoxy) is 2. The number of phenols is 1. The molecule has 2 heterocycles. The molecular formula is C21H25NO5S. The highest BCUT2D eigenvalue weighted by Crippen LogP contribution is 2.40. The van der Waals surface area contributed by atoms with Crippen LogP contribution in [0.1, 0.15) is 31.2 Å². The standard InChI is InChI=1S/C21H25NO5S/c1-2-26-21-15(6-5-10-23)16(14-9-11-28-13-14)12-19(27-21)20(25)22-17-7-3-4-8-18(17)24/h3-4,7-9,11-13,15-16,21,23-24H,2,5-6,10H2,1H3,(H,22,25)/t15-,16-,21-/m0/s1. The highest BCUT2D eigenvalue weighted by Gasteiger charge is 2.38. The number of allylic oxidation sites excluding steroid dienone is 1. The van der Waals surface area contributed by atoms with Gasteiger partial charge >= 0.3 is 0 Å². The lowest BCUT2D eigenvalue weighted by molar-refractivity contribution is -0.164. The van der Waals surface area contributed by atoms with Gasteiger partial charge in [0.25, 0.3) is 5.91 Å². The van der Waals surface area contributed by atoms with E-state index in [-0.39, 0.29) is 30.0 Å². The average Bonchev–Trinajstić information content (AvgIpc) is 3.23. The largest absolute Gasteiger partial charge is 0.506 e. The van der Waals surface area contributed by atoms with Crippen molar-refractivity contribution in [1.82, 2.24) is 0 Å². The molecule has 0 aliphatic carbocycles. The normalized spacial score (nSPS) is 21.6. The van der Waals surface area contributed by atoms with Crippen LogP contribution in [0.15, 0.2) is 52.9 Å². The minimum atomic E-state index is -0.587. The third-order valence-electron chi connectivity index (χ3n) is 4.72. The van der Waals surface area contributed by atoms with Crippen molar-refractivity contribution in [3.8, 4) is 5.75 Å². The Morgan fingerprint density at radius 3 is 2.82 bits per heavy atom. The van der Waals surface area contributed by atoms with Crippen LogP contribution >= 0.6 is 11.3 Å². The Morgan fingerprint density at radius 2 is 2.14 bits per heavy atom. The summed E-state index contributed by atoms with van der Waals surface area (Å²) >= 11 is 1.59. The predicted octanol–water partition coefficient (Wildman–Crippen LogP) is 3.84. The molecule has 3 rings (SSSR count). The van der Waals surface area contributed by atoms with Gasteiger partial charge in [0, 0.05) is 25.0 Å². The first kappa shape index (κ1) is 20.4. The van der Waals surface area contributed by atoms with Crippen LogP contribution in [0.4, 0.5) is 5.69 Å². The lowest BCUT2D eigenvalue weighted by Gasteiger charge is -2.36. The van der Waals surface area contributed by atoms with Crippen LogP contribution in [0.25, 0.3) is 0 Å². The zero-order valence-electron chi connectivity index (χ0n) is 15.7. The van der Waals surface area contributed by atoms with Gasteiger partial charge in [0.1, 0.15) is 5.75 Å². The van der Waals surface area contributed by atoms with E-state index < -0.39 is 12.2 Å². The maximum atomic E-state index is 12.8. The number of aliphatic hydroxyl groups excluding tert-OH is 1. The van der Waals surface area contributed by atoms with Gasteiger partial charge in [-0.25, -0.2) is 0 Å². The summed E-state index contributed by atoms with van der Waals surface area (Å²) in [5.74, 6) is -0.356. The molecule has 0 fully saturated rings. The van der Waals surface area contributed by atoms with E-state index in [1.807, 2.05) is 24.4 Å². The average molecular weight is 404 g/mol. The summed E-state index contributed by atoms with van der Waals surface area (Å²) in [7, 11) is 0. The number of benzene rings is 1. The Labute approximate surface area is 168 Å². The Hall–Kier alpha value is -2.35. The molecule has 0 unspecified atom stereocenters. The summed E-state index contributed by atoms with van der Waals surface area (Å²) in [5.41, 5.74) is 1.41. The predicted molar refractivity (Wildman–Crippen MR) is 108 cm³/mol. The minimum Gasteiger partial charge on any atom is -0.506 e. The van der Waals surface area contributed by atoms with E-state index in [9.17, 15) is 15.0 Å². The summed E-state index contributed by atoms with van der Waals surface area (Å²) in [6, 6.07) is 8.58. The molecule has 7 heteroatoms. The van der Waals surface area contributed by atoms with Crippen molar-refractivity contribution in [3.05, 3.63) is 58.5 Å². The smallest absolute Gasteiger partial charge is 0.290 e. The first-order valence-electron chi connectivity index (χ1n) is 9.36. The van der Waals surface area contributed by atoms with Crippen molar-refractivity contribution in [2.24, 2.45) is 5.92 Å². The number of hydrogen-bond acceptors (Lipinski definition) is 6. The van der Waals surface area contributed by atoms with Gasteiger partial charge in [-0.05, 0) is 60.4 Å². The lowest BCUT2D eigenvalue weighted by Crippen LogP contribution is -2.37. The number of aliphatic hydroxyl groups is 1. The summed E-state index contributed by atoms with van der Waals surface area (Å²) in [6.45, 7) is 2.42. The molecule has 0 radical (unpaired) electrons. The number of phenolic OH excluding ortho intramolecular Hbond substituents is 1. The summed E-state index contributed by atoms with van der Waals surface area (Å²) in [4.78, 5) is 12.8. The molecule has 28 heavy (non-hydrogen) atoms. The fourth-order valence-electron chi connectivity index (χ4n) is 3.37. The van der Waals surface area contributed by atoms with Gasteiger partial charge in [0.05, 0.1) is 5.69 Å². The van der Waals surface area contributed by atoms with Crippen molar-refractivity contribution in [2.75, 3.05) is 18.5 Å². The fourth-order valence-corrected chi connectivity index (χ4v) is 4.08. The molecule has 6 nitrogen and oxygen atoms in total. The Morgan fingerprint density at radius 1 is 1.32 bits per heavy atom. The number of thiophene rings is 1. The van der Waals surface area contributed by atoms with Crippen LogP contribution in [0, 0.1) is 5.92 Å². The van der Waals surface area contributed by atoms with Crippen LogP contribution < -0.4 is 5.32 Å². The molecule has 1 aromatic heterocycles. The molecule has 0 spiro atoms. The van der Waals surface area contributed by atoms with Gasteiger partial charge in [-0.2, -0.15) is 11.3 Å². The van der Waals surface area contributed by atoms with Crippen LogP contribution in [0.2, 0.25) is 0 Å². The lowest BCUT2D eigenvalue weighted by atomic mass is 9.81. The third kappa shape index (κ3) is 4.73. The topological polar surface area (TPSA) is 88.0 Å². The van der Waals surface area contributed by atoms with E-state index in [0.717, 1.165) is 5.56 Å². The monoisotopic (exact) mass is 403 g/mol. The summed E-state index contributed by atoms with van der Waals surface area (Å²) in [5, 5.41) is 25.9. The third-order valence-corrected chi connectivity index (χ3v) is 5.42. The molecule has 3 N–H and O–H groups in total. The van der Waals surface area contributed by atoms with Crippen LogP contribution in [-0.2, 0) is 14.3 Å². The van der Waals surface area contributed by atoms with Gasteiger partial charge in [-0.1, -0.05) is 12.1 Å². The van der Waals surface area contributed by atoms with Crippen molar-refractivity contribution in [2.45, 2.75) is 32.0 Å². The zero-order chi connectivity index (χ0) is 19.9. The Bertz CT molecular complexity index is 805. The molecule has 0 bridgehead atoms. The number of anilines is 1. The maximum Gasteiger partial charge on any atom is 0.290 e. The molecule has 1 aliphatic rings. The number of hydrogen-bond donors (Lipinski definition) is 3. The summed E-state index contributed by atoms with van der Waals surface area (Å²) in [6.07, 6.45) is 2.57. The molecule has 0 saturated carbocycles. The number of para-hydroxylation sites is 2. The second-order valence-electron chi connectivity index (χ2n) is 6.56. The second kappa shape index (κ2) is 9.73. The molecule has 2 aromatic rings. The molecule has 0 saturated heterocycles. The highest BCUT2D eigenvalue weighted by molar-refractivity contribution is 7.08. The number of nitrogens with one attached hydrogen (secondary N) is 1. The quantitative estimate of drug-likeness (QED) is 0.583. The van der Waals surface area contributed by atoms with Gasteiger partial charge in [-0.15, -0.1) is 0 Å². The van der Waals surface area contributed by atoms with E-state index in [1.54, 1.807) is 29.5 Å². The van der Waals surface area contributed by atoms with E-state index >= 15 is 0 Å². The van der Waals surface area contributed by atoms with Crippen LogP contribution in [0.5, 0.6) is 5.75 Å². The molecule has 1 amide bonds. The highest BCUT2D eigenvalue weighted by atomic mass is 32.1.